The van der Waals surface area contributed by atoms with Crippen LogP contribution in [0.5, 0.6) is 0 Å². The van der Waals surface area contributed by atoms with Crippen LogP contribution in [0, 0.1) is 5.41 Å². The number of thioether (sulfide) groups is 1. The number of nitrogens with two attached hydrogens (primary N) is 1. The van der Waals surface area contributed by atoms with Crippen molar-refractivity contribution in [3.8, 4) is 0 Å². The number of hydrogen-bond acceptors (Lipinski definition) is 4. The molecule has 1 aromatic rings. The van der Waals surface area contributed by atoms with Gasteiger partial charge < -0.3 is 5.73 Å². The summed E-state index contributed by atoms with van der Waals surface area (Å²) in [6.45, 7) is 2.12. The first-order valence-corrected chi connectivity index (χ1v) is 9.03. The molecule has 0 aliphatic heterocycles. The van der Waals surface area contributed by atoms with Crippen LogP contribution in [-0.2, 0) is 9.84 Å². The molecule has 1 aromatic carbocycles. The van der Waals surface area contributed by atoms with E-state index in [-0.39, 0.29) is 16.5 Å². The number of hydrogen-bond donors (Lipinski definition) is 2. The van der Waals surface area contributed by atoms with Crippen molar-refractivity contribution < 1.29 is 8.42 Å². The lowest BCUT2D eigenvalue weighted by Gasteiger charge is -2.06. The van der Waals surface area contributed by atoms with Crippen molar-refractivity contribution in [1.82, 2.24) is 0 Å². The molecule has 0 aliphatic rings. The molecule has 0 amide bonds. The molecule has 0 radical (unpaired) electrons. The van der Waals surface area contributed by atoms with Crippen LogP contribution in [0.25, 0.3) is 0 Å². The summed E-state index contributed by atoms with van der Waals surface area (Å²) in [6, 6.07) is 6.28. The average molecular weight is 300 g/mol. The quantitative estimate of drug-likeness (QED) is 0.438. The molecule has 0 unspecified atom stereocenters. The van der Waals surface area contributed by atoms with Crippen LogP contribution in [0.2, 0.25) is 0 Å². The molecule has 106 valence electrons. The van der Waals surface area contributed by atoms with E-state index in [0.717, 1.165) is 18.6 Å². The molecule has 3 N–H and O–H groups in total. The Kier molecular flexibility index (Phi) is 6.37. The van der Waals surface area contributed by atoms with Gasteiger partial charge in [-0.05, 0) is 24.3 Å². The Morgan fingerprint density at radius 1 is 1.37 bits per heavy atom. The van der Waals surface area contributed by atoms with Crippen molar-refractivity contribution in [1.29, 1.82) is 5.41 Å². The van der Waals surface area contributed by atoms with E-state index in [9.17, 15) is 8.42 Å². The van der Waals surface area contributed by atoms with Crippen molar-refractivity contribution >= 4 is 27.4 Å². The fourth-order valence-corrected chi connectivity index (χ4v) is 4.37. The molecule has 6 heteroatoms. The van der Waals surface area contributed by atoms with E-state index in [2.05, 4.69) is 6.92 Å². The van der Waals surface area contributed by atoms with Gasteiger partial charge in [0.1, 0.15) is 5.84 Å². The molecule has 0 fully saturated rings. The highest BCUT2D eigenvalue weighted by Gasteiger charge is 2.14. The van der Waals surface area contributed by atoms with Crippen molar-refractivity contribution in [3.63, 3.8) is 0 Å². The van der Waals surface area contributed by atoms with Crippen LogP contribution < -0.4 is 5.73 Å². The smallest absolute Gasteiger partial charge is 0.179 e. The van der Waals surface area contributed by atoms with Gasteiger partial charge in [0.15, 0.2) is 9.84 Å². The molecule has 0 bridgehead atoms. The Hall–Kier alpha value is -1.01. The first-order chi connectivity index (χ1) is 8.97. The average Bonchev–Trinajstić information content (AvgIpc) is 2.38. The van der Waals surface area contributed by atoms with E-state index in [1.807, 2.05) is 0 Å². The standard InChI is InChI=1S/C13H20N2O2S2/c1-2-3-7-18-8-9-19(16,17)12-6-4-5-11(10-12)13(14)15/h4-6,10H,2-3,7-9H2,1H3,(H3,14,15). The highest BCUT2D eigenvalue weighted by molar-refractivity contribution is 8.00. The zero-order chi connectivity index (χ0) is 14.3. The van der Waals surface area contributed by atoms with Gasteiger partial charge in [-0.25, -0.2) is 8.42 Å². The Morgan fingerprint density at radius 3 is 2.74 bits per heavy atom. The second kappa shape index (κ2) is 7.55. The summed E-state index contributed by atoms with van der Waals surface area (Å²) < 4.78 is 24.2. The number of unbranched alkanes of at least 4 members (excludes halogenated alkanes) is 1. The molecule has 0 spiro atoms. The summed E-state index contributed by atoms with van der Waals surface area (Å²) in [5.41, 5.74) is 5.81. The minimum Gasteiger partial charge on any atom is -0.384 e. The van der Waals surface area contributed by atoms with Crippen LogP contribution in [0.1, 0.15) is 25.3 Å². The number of nitrogens with one attached hydrogen (secondary N) is 1. The van der Waals surface area contributed by atoms with Crippen LogP contribution in [-0.4, -0.2) is 31.5 Å². The lowest BCUT2D eigenvalue weighted by Crippen LogP contribution is -2.14. The van der Waals surface area contributed by atoms with Gasteiger partial charge in [0.25, 0.3) is 0 Å². The maximum Gasteiger partial charge on any atom is 0.179 e. The summed E-state index contributed by atoms with van der Waals surface area (Å²) in [7, 11) is -3.28. The van der Waals surface area contributed by atoms with E-state index in [4.69, 9.17) is 11.1 Å². The van der Waals surface area contributed by atoms with Gasteiger partial charge in [-0.2, -0.15) is 11.8 Å². The Labute approximate surface area is 119 Å². The third kappa shape index (κ3) is 5.24. The van der Waals surface area contributed by atoms with Crippen LogP contribution >= 0.6 is 11.8 Å². The fraction of sp³-hybridized carbons (Fsp3) is 0.462. The number of benzene rings is 1. The second-order valence-corrected chi connectivity index (χ2v) is 7.56. The predicted molar refractivity (Wildman–Crippen MR) is 81.7 cm³/mol. The van der Waals surface area contributed by atoms with Crippen LogP contribution in [0.3, 0.4) is 0 Å². The number of sulfone groups is 1. The molecule has 1 rings (SSSR count). The lowest BCUT2D eigenvalue weighted by atomic mass is 10.2. The minimum absolute atomic E-state index is 0.116. The normalized spacial score (nSPS) is 11.4. The molecule has 0 aromatic heterocycles. The molecular formula is C13H20N2O2S2. The highest BCUT2D eigenvalue weighted by atomic mass is 32.2. The van der Waals surface area contributed by atoms with Crippen molar-refractivity contribution in [3.05, 3.63) is 29.8 Å². The Morgan fingerprint density at radius 2 is 2.11 bits per heavy atom. The molecule has 19 heavy (non-hydrogen) atoms. The molecule has 0 aliphatic carbocycles. The summed E-state index contributed by atoms with van der Waals surface area (Å²) in [5, 5.41) is 7.33. The fourth-order valence-electron chi connectivity index (χ4n) is 1.49. The summed E-state index contributed by atoms with van der Waals surface area (Å²) in [5.74, 6) is 1.61. The van der Waals surface area contributed by atoms with Crippen molar-refractivity contribution in [2.24, 2.45) is 5.73 Å². The topological polar surface area (TPSA) is 84.0 Å². The minimum atomic E-state index is -3.28. The highest BCUT2D eigenvalue weighted by Crippen LogP contribution is 2.15. The Balaban J connectivity index is 2.66. The molecular weight excluding hydrogens is 280 g/mol. The summed E-state index contributed by atoms with van der Waals surface area (Å²) in [6.07, 6.45) is 2.24. The van der Waals surface area contributed by atoms with Crippen molar-refractivity contribution in [2.45, 2.75) is 24.7 Å². The zero-order valence-corrected chi connectivity index (χ0v) is 12.7. The van der Waals surface area contributed by atoms with E-state index in [1.54, 1.807) is 30.0 Å². The largest absolute Gasteiger partial charge is 0.384 e. The van der Waals surface area contributed by atoms with Gasteiger partial charge in [0, 0.05) is 11.3 Å². The zero-order valence-electron chi connectivity index (χ0n) is 11.1. The summed E-state index contributed by atoms with van der Waals surface area (Å²) >= 11 is 1.66. The molecule has 0 atom stereocenters. The van der Waals surface area contributed by atoms with Gasteiger partial charge in [0.05, 0.1) is 10.6 Å². The second-order valence-electron chi connectivity index (χ2n) is 4.23. The lowest BCUT2D eigenvalue weighted by molar-refractivity contribution is 0.597. The molecule has 0 heterocycles. The first kappa shape index (κ1) is 16.0. The first-order valence-electron chi connectivity index (χ1n) is 6.22. The van der Waals surface area contributed by atoms with Crippen molar-refractivity contribution in [2.75, 3.05) is 17.3 Å². The van der Waals surface area contributed by atoms with E-state index in [1.165, 1.54) is 6.07 Å². The van der Waals surface area contributed by atoms with Gasteiger partial charge in [-0.3, -0.25) is 5.41 Å². The third-order valence-electron chi connectivity index (χ3n) is 2.64. The van der Waals surface area contributed by atoms with Gasteiger partial charge in [0.2, 0.25) is 0 Å². The number of nitrogen functional groups attached to an aromatic ring is 1. The maximum absolute atomic E-state index is 12.1. The third-order valence-corrected chi connectivity index (χ3v) is 5.69. The number of rotatable bonds is 8. The van der Waals surface area contributed by atoms with Crippen LogP contribution in [0.4, 0.5) is 0 Å². The molecule has 4 nitrogen and oxygen atoms in total. The van der Waals surface area contributed by atoms with Crippen LogP contribution in [0.15, 0.2) is 29.2 Å². The summed E-state index contributed by atoms with van der Waals surface area (Å²) in [4.78, 5) is 0.247. The van der Waals surface area contributed by atoms with Gasteiger partial charge in [-0.1, -0.05) is 25.5 Å². The number of amidine groups is 1. The predicted octanol–water partition coefficient (Wildman–Crippen LogP) is 2.28. The van der Waals surface area contributed by atoms with E-state index in [0.29, 0.717) is 11.3 Å². The molecule has 0 saturated heterocycles. The van der Waals surface area contributed by atoms with Gasteiger partial charge in [-0.15, -0.1) is 0 Å². The van der Waals surface area contributed by atoms with E-state index < -0.39 is 9.84 Å². The van der Waals surface area contributed by atoms with E-state index >= 15 is 0 Å². The SMILES string of the molecule is CCCCSCCS(=O)(=O)c1cccc(C(=N)N)c1. The maximum atomic E-state index is 12.1. The van der Waals surface area contributed by atoms with Gasteiger partial charge >= 0.3 is 0 Å². The Bertz CT molecular complexity index is 527. The monoisotopic (exact) mass is 300 g/mol. The molecule has 0 saturated carbocycles.